The molecule has 0 amide bonds. The summed E-state index contributed by atoms with van der Waals surface area (Å²) in [5, 5.41) is 10.6. The van der Waals surface area contributed by atoms with E-state index in [-0.39, 0.29) is 0 Å². The van der Waals surface area contributed by atoms with Crippen LogP contribution in [0.25, 0.3) is 0 Å². The van der Waals surface area contributed by atoms with Crippen LogP contribution in [0.15, 0.2) is 0 Å². The molecule has 0 heterocycles. The molecule has 0 aromatic heterocycles. The third-order valence-electron chi connectivity index (χ3n) is 4.24. The average molecular weight is 198 g/mol. The molecule has 1 aliphatic rings. The number of aliphatic hydroxyl groups is 1. The molecule has 14 heavy (non-hydrogen) atoms. The van der Waals surface area contributed by atoms with Crippen molar-refractivity contribution in [3.05, 3.63) is 0 Å². The second-order valence-electron chi connectivity index (χ2n) is 5.07. The minimum Gasteiger partial charge on any atom is -0.390 e. The van der Waals surface area contributed by atoms with Crippen molar-refractivity contribution in [3.63, 3.8) is 0 Å². The normalized spacial score (nSPS) is 23.8. The summed E-state index contributed by atoms with van der Waals surface area (Å²) in [6, 6.07) is 0. The van der Waals surface area contributed by atoms with Crippen LogP contribution in [0.5, 0.6) is 0 Å². The van der Waals surface area contributed by atoms with Crippen molar-refractivity contribution < 1.29 is 5.11 Å². The van der Waals surface area contributed by atoms with Crippen molar-refractivity contribution in [1.29, 1.82) is 0 Å². The molecule has 0 radical (unpaired) electrons. The minimum absolute atomic E-state index is 0.413. The molecule has 1 unspecified atom stereocenters. The Kier molecular flexibility index (Phi) is 4.43. The molecule has 1 nitrogen and oxygen atoms in total. The van der Waals surface area contributed by atoms with E-state index in [1.165, 1.54) is 32.1 Å². The molecule has 1 saturated carbocycles. The molecule has 0 aliphatic heterocycles. The highest BCUT2D eigenvalue weighted by molar-refractivity contribution is 4.89. The summed E-state index contributed by atoms with van der Waals surface area (Å²) in [4.78, 5) is 0. The van der Waals surface area contributed by atoms with Crippen LogP contribution in [-0.4, -0.2) is 10.7 Å². The average Bonchev–Trinajstić information content (AvgIpc) is 2.20. The Balaban J connectivity index is 2.60. The lowest BCUT2D eigenvalue weighted by Gasteiger charge is -2.41. The van der Waals surface area contributed by atoms with Gasteiger partial charge in [-0.1, -0.05) is 46.0 Å². The monoisotopic (exact) mass is 198 g/mol. The second-order valence-corrected chi connectivity index (χ2v) is 5.07. The van der Waals surface area contributed by atoms with Gasteiger partial charge in [-0.25, -0.2) is 0 Å². The van der Waals surface area contributed by atoms with Crippen LogP contribution in [0.1, 0.15) is 65.7 Å². The molecule has 1 fully saturated rings. The Labute approximate surface area is 88.9 Å². The smallest absolute Gasteiger partial charge is 0.0675 e. The predicted octanol–water partition coefficient (Wildman–Crippen LogP) is 3.75. The highest BCUT2D eigenvalue weighted by atomic mass is 16.3. The number of hydrogen-bond acceptors (Lipinski definition) is 1. The first-order valence-corrected chi connectivity index (χ1v) is 6.35. The third-order valence-corrected chi connectivity index (χ3v) is 4.24. The van der Waals surface area contributed by atoms with Gasteiger partial charge in [0.1, 0.15) is 0 Å². The fourth-order valence-corrected chi connectivity index (χ4v) is 3.14. The maximum Gasteiger partial charge on any atom is 0.0675 e. The molecular formula is C13H26O. The molecule has 1 aliphatic carbocycles. The summed E-state index contributed by atoms with van der Waals surface area (Å²) in [6.45, 7) is 6.47. The largest absolute Gasteiger partial charge is 0.390 e. The fraction of sp³-hybridized carbons (Fsp3) is 1.00. The first-order valence-electron chi connectivity index (χ1n) is 6.35. The molecule has 1 heteroatoms. The molecule has 1 N–H and O–H groups in total. The summed E-state index contributed by atoms with van der Waals surface area (Å²) in [5.41, 5.74) is -0.413. The zero-order chi connectivity index (χ0) is 10.6. The van der Waals surface area contributed by atoms with E-state index in [2.05, 4.69) is 20.8 Å². The Morgan fingerprint density at radius 3 is 2.07 bits per heavy atom. The van der Waals surface area contributed by atoms with Crippen molar-refractivity contribution in [2.45, 2.75) is 71.3 Å². The number of rotatable bonds is 4. The van der Waals surface area contributed by atoms with Crippen molar-refractivity contribution >= 4 is 0 Å². The summed E-state index contributed by atoms with van der Waals surface area (Å²) in [7, 11) is 0. The van der Waals surface area contributed by atoms with Gasteiger partial charge in [0, 0.05) is 0 Å². The second kappa shape index (κ2) is 5.16. The van der Waals surface area contributed by atoms with Gasteiger partial charge in [-0.05, 0) is 31.6 Å². The van der Waals surface area contributed by atoms with E-state index in [1.807, 2.05) is 0 Å². The molecule has 0 aromatic rings. The van der Waals surface area contributed by atoms with E-state index in [9.17, 15) is 5.11 Å². The maximum atomic E-state index is 10.6. The van der Waals surface area contributed by atoms with Crippen LogP contribution >= 0.6 is 0 Å². The summed E-state index contributed by atoms with van der Waals surface area (Å²) in [5.74, 6) is 1.05. The lowest BCUT2D eigenvalue weighted by Crippen LogP contribution is -2.42. The van der Waals surface area contributed by atoms with Gasteiger partial charge < -0.3 is 5.11 Å². The third kappa shape index (κ3) is 2.50. The molecule has 84 valence electrons. The van der Waals surface area contributed by atoms with Gasteiger partial charge in [-0.15, -0.1) is 0 Å². The number of hydrogen-bond donors (Lipinski definition) is 1. The van der Waals surface area contributed by atoms with E-state index in [4.69, 9.17) is 0 Å². The van der Waals surface area contributed by atoms with Gasteiger partial charge in [0.05, 0.1) is 5.60 Å². The van der Waals surface area contributed by atoms with Crippen molar-refractivity contribution in [2.75, 3.05) is 0 Å². The van der Waals surface area contributed by atoms with Gasteiger partial charge in [-0.2, -0.15) is 0 Å². The minimum atomic E-state index is -0.413. The predicted molar refractivity (Wildman–Crippen MR) is 61.3 cm³/mol. The lowest BCUT2D eigenvalue weighted by atomic mass is 9.70. The zero-order valence-corrected chi connectivity index (χ0v) is 10.1. The topological polar surface area (TPSA) is 20.2 Å². The summed E-state index contributed by atoms with van der Waals surface area (Å²) < 4.78 is 0. The van der Waals surface area contributed by atoms with Gasteiger partial charge >= 0.3 is 0 Å². The zero-order valence-electron chi connectivity index (χ0n) is 10.1. The first-order chi connectivity index (χ1) is 6.62. The van der Waals surface area contributed by atoms with E-state index >= 15 is 0 Å². The van der Waals surface area contributed by atoms with Crippen molar-refractivity contribution in [3.8, 4) is 0 Å². The Morgan fingerprint density at radius 2 is 1.64 bits per heavy atom. The lowest BCUT2D eigenvalue weighted by molar-refractivity contribution is -0.0682. The van der Waals surface area contributed by atoms with E-state index in [1.54, 1.807) is 0 Å². The Hall–Kier alpha value is -0.0400. The van der Waals surface area contributed by atoms with Gasteiger partial charge in [0.25, 0.3) is 0 Å². The first kappa shape index (κ1) is 12.0. The van der Waals surface area contributed by atoms with E-state index in [0.29, 0.717) is 11.8 Å². The van der Waals surface area contributed by atoms with E-state index in [0.717, 1.165) is 12.8 Å². The van der Waals surface area contributed by atoms with Gasteiger partial charge in [0.15, 0.2) is 0 Å². The fourth-order valence-electron chi connectivity index (χ4n) is 3.14. The van der Waals surface area contributed by atoms with Crippen LogP contribution in [0.2, 0.25) is 0 Å². The molecule has 1 rings (SSSR count). The summed E-state index contributed by atoms with van der Waals surface area (Å²) >= 11 is 0. The van der Waals surface area contributed by atoms with Crippen LogP contribution in [0, 0.1) is 11.8 Å². The molecular weight excluding hydrogens is 172 g/mol. The van der Waals surface area contributed by atoms with Gasteiger partial charge in [-0.3, -0.25) is 0 Å². The Morgan fingerprint density at radius 1 is 1.14 bits per heavy atom. The van der Waals surface area contributed by atoms with Gasteiger partial charge in [0.2, 0.25) is 0 Å². The molecule has 0 spiro atoms. The summed E-state index contributed by atoms with van der Waals surface area (Å²) in [6.07, 6.45) is 8.71. The molecule has 1 atom stereocenters. The van der Waals surface area contributed by atoms with E-state index < -0.39 is 5.60 Å². The molecule has 0 aromatic carbocycles. The van der Waals surface area contributed by atoms with Crippen LogP contribution in [0.3, 0.4) is 0 Å². The SMILES string of the molecule is CCC(CC)C(C)(O)C1CCCCC1. The highest BCUT2D eigenvalue weighted by Crippen LogP contribution is 2.39. The van der Waals surface area contributed by atoms with Crippen molar-refractivity contribution in [2.24, 2.45) is 11.8 Å². The van der Waals surface area contributed by atoms with Crippen LogP contribution in [-0.2, 0) is 0 Å². The molecule has 0 saturated heterocycles. The molecule has 0 bridgehead atoms. The van der Waals surface area contributed by atoms with Crippen molar-refractivity contribution in [1.82, 2.24) is 0 Å². The quantitative estimate of drug-likeness (QED) is 0.729. The van der Waals surface area contributed by atoms with Crippen LogP contribution in [0.4, 0.5) is 0 Å². The maximum absolute atomic E-state index is 10.6. The van der Waals surface area contributed by atoms with Crippen LogP contribution < -0.4 is 0 Å². The highest BCUT2D eigenvalue weighted by Gasteiger charge is 2.37. The Bertz CT molecular complexity index is 153. The standard InChI is InChI=1S/C13H26O/c1-4-11(5-2)13(3,14)12-9-7-6-8-10-12/h11-12,14H,4-10H2,1-3H3.